The Labute approximate surface area is 172 Å². The standard InChI is InChI=1S/C21H20N4O3S/c1-28-15-7-5-14(6-8-15)18(26)12-25-11-9-16-19(13-25)29-21(23-16)24-20(27)17-4-2-3-10-22-17/h2-8,10H,9,11-13H2,1H3,(H,23,24,27). The molecule has 4 rings (SSSR count). The first-order chi connectivity index (χ1) is 14.1. The number of rotatable bonds is 6. The molecule has 0 unspecified atom stereocenters. The molecule has 0 radical (unpaired) electrons. The van der Waals surface area contributed by atoms with E-state index in [1.165, 1.54) is 11.3 Å². The first-order valence-corrected chi connectivity index (χ1v) is 10.0. The van der Waals surface area contributed by atoms with E-state index >= 15 is 0 Å². The second-order valence-electron chi connectivity index (χ2n) is 6.67. The van der Waals surface area contributed by atoms with Gasteiger partial charge in [0, 0.05) is 36.1 Å². The number of nitrogens with zero attached hydrogens (tertiary/aromatic N) is 3. The summed E-state index contributed by atoms with van der Waals surface area (Å²) in [6.45, 7) is 1.75. The number of ketones is 1. The number of nitrogens with one attached hydrogen (secondary N) is 1. The van der Waals surface area contributed by atoms with Gasteiger partial charge in [-0.15, -0.1) is 11.3 Å². The van der Waals surface area contributed by atoms with Gasteiger partial charge in [-0.1, -0.05) is 6.07 Å². The molecular formula is C21H20N4O3S. The Morgan fingerprint density at radius 2 is 2.03 bits per heavy atom. The van der Waals surface area contributed by atoms with Crippen LogP contribution in [0.25, 0.3) is 0 Å². The van der Waals surface area contributed by atoms with Gasteiger partial charge in [-0.25, -0.2) is 4.98 Å². The van der Waals surface area contributed by atoms with E-state index < -0.39 is 0 Å². The van der Waals surface area contributed by atoms with Crippen molar-refractivity contribution in [3.05, 3.63) is 70.5 Å². The summed E-state index contributed by atoms with van der Waals surface area (Å²) in [7, 11) is 1.60. The lowest BCUT2D eigenvalue weighted by Gasteiger charge is -2.25. The summed E-state index contributed by atoms with van der Waals surface area (Å²) in [5.41, 5.74) is 2.01. The molecule has 1 N–H and O–H groups in total. The van der Waals surface area contributed by atoms with Crippen LogP contribution in [0.3, 0.4) is 0 Å². The SMILES string of the molecule is COc1ccc(C(=O)CN2CCc3nc(NC(=O)c4ccccn4)sc3C2)cc1. The minimum atomic E-state index is -0.275. The monoisotopic (exact) mass is 408 g/mol. The third kappa shape index (κ3) is 4.49. The van der Waals surface area contributed by atoms with E-state index in [-0.39, 0.29) is 11.7 Å². The van der Waals surface area contributed by atoms with Crippen LogP contribution >= 0.6 is 11.3 Å². The van der Waals surface area contributed by atoms with E-state index in [1.807, 2.05) is 0 Å². The average molecular weight is 408 g/mol. The maximum absolute atomic E-state index is 12.6. The first-order valence-electron chi connectivity index (χ1n) is 9.23. The Hall–Kier alpha value is -3.10. The number of pyridine rings is 1. The van der Waals surface area contributed by atoms with Crippen molar-refractivity contribution in [2.75, 3.05) is 25.5 Å². The molecule has 0 fully saturated rings. The Bertz CT molecular complexity index is 1020. The zero-order chi connectivity index (χ0) is 20.2. The van der Waals surface area contributed by atoms with E-state index in [0.717, 1.165) is 29.3 Å². The second-order valence-corrected chi connectivity index (χ2v) is 7.75. The Morgan fingerprint density at radius 3 is 2.76 bits per heavy atom. The molecular weight excluding hydrogens is 388 g/mol. The highest BCUT2D eigenvalue weighted by atomic mass is 32.1. The van der Waals surface area contributed by atoms with E-state index in [9.17, 15) is 9.59 Å². The van der Waals surface area contributed by atoms with Crippen LogP contribution in [0, 0.1) is 0 Å². The highest BCUT2D eigenvalue weighted by molar-refractivity contribution is 7.15. The Kier molecular flexibility index (Phi) is 5.64. The molecule has 0 saturated heterocycles. The van der Waals surface area contributed by atoms with Crippen molar-refractivity contribution < 1.29 is 14.3 Å². The molecule has 0 saturated carbocycles. The molecule has 1 aliphatic rings. The fourth-order valence-corrected chi connectivity index (χ4v) is 4.21. The number of anilines is 1. The number of amides is 1. The molecule has 8 heteroatoms. The zero-order valence-electron chi connectivity index (χ0n) is 15.9. The summed E-state index contributed by atoms with van der Waals surface area (Å²) in [5, 5.41) is 3.38. The predicted octanol–water partition coefficient (Wildman–Crippen LogP) is 3.04. The van der Waals surface area contributed by atoms with Gasteiger partial charge in [-0.3, -0.25) is 24.8 Å². The minimum absolute atomic E-state index is 0.0734. The van der Waals surface area contributed by atoms with Crippen LogP contribution < -0.4 is 10.1 Å². The average Bonchev–Trinajstić information content (AvgIpc) is 3.15. The summed E-state index contributed by atoms with van der Waals surface area (Å²) in [4.78, 5) is 36.6. The maximum atomic E-state index is 12.6. The largest absolute Gasteiger partial charge is 0.497 e. The van der Waals surface area contributed by atoms with Crippen molar-refractivity contribution in [2.45, 2.75) is 13.0 Å². The number of aromatic nitrogens is 2. The van der Waals surface area contributed by atoms with Crippen LogP contribution in [0.5, 0.6) is 5.75 Å². The summed E-state index contributed by atoms with van der Waals surface area (Å²) in [5.74, 6) is 0.529. The van der Waals surface area contributed by atoms with Crippen molar-refractivity contribution in [1.29, 1.82) is 0 Å². The maximum Gasteiger partial charge on any atom is 0.276 e. The molecule has 148 valence electrons. The third-order valence-corrected chi connectivity index (χ3v) is 5.71. The molecule has 7 nitrogen and oxygen atoms in total. The molecule has 3 heterocycles. The van der Waals surface area contributed by atoms with Crippen molar-refractivity contribution in [3.63, 3.8) is 0 Å². The zero-order valence-corrected chi connectivity index (χ0v) is 16.7. The summed E-state index contributed by atoms with van der Waals surface area (Å²) in [6, 6.07) is 12.4. The van der Waals surface area contributed by atoms with Gasteiger partial charge in [0.15, 0.2) is 10.9 Å². The molecule has 1 aromatic carbocycles. The van der Waals surface area contributed by atoms with Crippen molar-refractivity contribution in [3.8, 4) is 5.75 Å². The Balaban J connectivity index is 1.38. The van der Waals surface area contributed by atoms with E-state index in [4.69, 9.17) is 4.74 Å². The lowest BCUT2D eigenvalue weighted by molar-refractivity contribution is 0.0921. The minimum Gasteiger partial charge on any atom is -0.497 e. The molecule has 0 atom stereocenters. The fourth-order valence-electron chi connectivity index (χ4n) is 3.17. The number of hydrogen-bond acceptors (Lipinski definition) is 7. The molecule has 0 spiro atoms. The summed E-state index contributed by atoms with van der Waals surface area (Å²) in [6.07, 6.45) is 2.33. The summed E-state index contributed by atoms with van der Waals surface area (Å²) < 4.78 is 5.13. The van der Waals surface area contributed by atoms with Crippen molar-refractivity contribution >= 4 is 28.2 Å². The van der Waals surface area contributed by atoms with Gasteiger partial charge in [-0.2, -0.15) is 0 Å². The van der Waals surface area contributed by atoms with Crippen LogP contribution in [0.15, 0.2) is 48.7 Å². The lowest BCUT2D eigenvalue weighted by Crippen LogP contribution is -2.34. The molecule has 0 bridgehead atoms. The Morgan fingerprint density at radius 1 is 1.21 bits per heavy atom. The summed E-state index contributed by atoms with van der Waals surface area (Å²) >= 11 is 1.45. The van der Waals surface area contributed by atoms with Crippen LogP contribution in [-0.2, 0) is 13.0 Å². The number of methoxy groups -OCH3 is 1. The smallest absolute Gasteiger partial charge is 0.276 e. The number of hydrogen-bond donors (Lipinski definition) is 1. The van der Waals surface area contributed by atoms with Gasteiger partial charge in [0.05, 0.1) is 19.3 Å². The second kappa shape index (κ2) is 8.50. The number of carbonyl (C=O) groups is 2. The molecule has 3 aromatic rings. The van der Waals surface area contributed by atoms with E-state index in [0.29, 0.717) is 29.5 Å². The molecule has 1 aliphatic heterocycles. The molecule has 29 heavy (non-hydrogen) atoms. The van der Waals surface area contributed by atoms with Crippen LogP contribution in [0.1, 0.15) is 31.4 Å². The van der Waals surface area contributed by atoms with Gasteiger partial charge >= 0.3 is 0 Å². The molecule has 0 aliphatic carbocycles. The fraction of sp³-hybridized carbons (Fsp3) is 0.238. The third-order valence-electron chi connectivity index (χ3n) is 4.71. The lowest BCUT2D eigenvalue weighted by atomic mass is 10.1. The highest BCUT2D eigenvalue weighted by Crippen LogP contribution is 2.28. The van der Waals surface area contributed by atoms with Crippen molar-refractivity contribution in [2.24, 2.45) is 0 Å². The first kappa shape index (κ1) is 19.2. The number of ether oxygens (including phenoxy) is 1. The van der Waals surface area contributed by atoms with E-state index in [1.54, 1.807) is 55.8 Å². The number of fused-ring (bicyclic) bond motifs is 1. The van der Waals surface area contributed by atoms with Gasteiger partial charge in [0.2, 0.25) is 0 Å². The van der Waals surface area contributed by atoms with Crippen LogP contribution in [-0.4, -0.2) is 46.8 Å². The van der Waals surface area contributed by atoms with Gasteiger partial charge in [0.25, 0.3) is 5.91 Å². The highest BCUT2D eigenvalue weighted by Gasteiger charge is 2.23. The number of thiazole rings is 1. The van der Waals surface area contributed by atoms with Crippen LogP contribution in [0.4, 0.5) is 5.13 Å². The quantitative estimate of drug-likeness (QED) is 0.631. The molecule has 2 aromatic heterocycles. The normalized spacial score (nSPS) is 13.6. The van der Waals surface area contributed by atoms with Crippen molar-refractivity contribution in [1.82, 2.24) is 14.9 Å². The molecule has 1 amide bonds. The number of carbonyl (C=O) groups excluding carboxylic acids is 2. The van der Waals surface area contributed by atoms with Gasteiger partial charge in [-0.05, 0) is 36.4 Å². The van der Waals surface area contributed by atoms with E-state index in [2.05, 4.69) is 20.2 Å². The van der Waals surface area contributed by atoms with Gasteiger partial charge < -0.3 is 4.74 Å². The topological polar surface area (TPSA) is 84.4 Å². The number of Topliss-reactive ketones (excluding diaryl/α,β-unsaturated/α-hetero) is 1. The van der Waals surface area contributed by atoms with Crippen LogP contribution in [0.2, 0.25) is 0 Å². The van der Waals surface area contributed by atoms with Gasteiger partial charge in [0.1, 0.15) is 11.4 Å². The number of benzene rings is 1. The predicted molar refractivity (Wildman–Crippen MR) is 111 cm³/mol.